The first-order valence-electron chi connectivity index (χ1n) is 7.24. The Morgan fingerprint density at radius 1 is 1.42 bits per heavy atom. The van der Waals surface area contributed by atoms with E-state index in [1.165, 1.54) is 28.4 Å². The molecule has 0 aromatic heterocycles. The lowest BCUT2D eigenvalue weighted by atomic mass is 9.90. The van der Waals surface area contributed by atoms with Crippen LogP contribution in [0.3, 0.4) is 0 Å². The highest BCUT2D eigenvalue weighted by Crippen LogP contribution is 2.31. The number of rotatable bonds is 3. The minimum Gasteiger partial charge on any atom is -0.329 e. The molecule has 3 atom stereocenters. The van der Waals surface area contributed by atoms with Crippen LogP contribution >= 0.6 is 15.9 Å². The Bertz CT molecular complexity index is 433. The fourth-order valence-corrected chi connectivity index (χ4v) is 3.56. The van der Waals surface area contributed by atoms with Crippen LogP contribution in [0.2, 0.25) is 0 Å². The zero-order valence-electron chi connectivity index (χ0n) is 12.2. The third-order valence-electron chi connectivity index (χ3n) is 4.39. The molecule has 0 amide bonds. The Morgan fingerprint density at radius 3 is 2.74 bits per heavy atom. The minimum atomic E-state index is 0.347. The van der Waals surface area contributed by atoms with Gasteiger partial charge in [-0.25, -0.2) is 0 Å². The van der Waals surface area contributed by atoms with Crippen LogP contribution in [0, 0.1) is 12.8 Å². The van der Waals surface area contributed by atoms with Crippen molar-refractivity contribution >= 4 is 15.9 Å². The van der Waals surface area contributed by atoms with Gasteiger partial charge in [-0.15, -0.1) is 0 Å². The molecule has 0 aliphatic carbocycles. The third kappa shape index (κ3) is 3.39. The van der Waals surface area contributed by atoms with Crippen molar-refractivity contribution in [3.05, 3.63) is 33.8 Å². The van der Waals surface area contributed by atoms with Crippen molar-refractivity contribution in [1.29, 1.82) is 0 Å². The van der Waals surface area contributed by atoms with Gasteiger partial charge in [0.05, 0.1) is 0 Å². The van der Waals surface area contributed by atoms with E-state index in [9.17, 15) is 0 Å². The molecule has 1 aromatic rings. The fourth-order valence-electron chi connectivity index (χ4n) is 3.17. The lowest BCUT2D eigenvalue weighted by molar-refractivity contribution is 0.0847. The molecule has 2 N–H and O–H groups in total. The van der Waals surface area contributed by atoms with Crippen molar-refractivity contribution in [3.63, 3.8) is 0 Å². The molecule has 3 heteroatoms. The third-order valence-corrected chi connectivity index (χ3v) is 5.25. The van der Waals surface area contributed by atoms with Crippen molar-refractivity contribution in [1.82, 2.24) is 4.90 Å². The Balaban J connectivity index is 2.21. The molecule has 1 fully saturated rings. The maximum absolute atomic E-state index is 6.06. The summed E-state index contributed by atoms with van der Waals surface area (Å²) in [4.78, 5) is 2.58. The Hall–Kier alpha value is -0.380. The molecule has 0 saturated carbocycles. The van der Waals surface area contributed by atoms with E-state index in [1.54, 1.807) is 0 Å². The monoisotopic (exact) mass is 324 g/mol. The van der Waals surface area contributed by atoms with Gasteiger partial charge in [0.2, 0.25) is 0 Å². The number of hydrogen-bond acceptors (Lipinski definition) is 2. The van der Waals surface area contributed by atoms with E-state index in [1.807, 2.05) is 0 Å². The second kappa shape index (κ2) is 6.38. The van der Waals surface area contributed by atoms with Crippen molar-refractivity contribution in [2.45, 2.75) is 45.7 Å². The van der Waals surface area contributed by atoms with E-state index < -0.39 is 0 Å². The smallest absolute Gasteiger partial charge is 0.0473 e. The van der Waals surface area contributed by atoms with Gasteiger partial charge in [-0.2, -0.15) is 0 Å². The predicted molar refractivity (Wildman–Crippen MR) is 85.2 cm³/mol. The molecule has 3 unspecified atom stereocenters. The van der Waals surface area contributed by atoms with Gasteiger partial charge in [0.25, 0.3) is 0 Å². The first-order valence-corrected chi connectivity index (χ1v) is 8.04. The van der Waals surface area contributed by atoms with Gasteiger partial charge in [-0.3, -0.25) is 4.90 Å². The quantitative estimate of drug-likeness (QED) is 0.914. The molecule has 1 saturated heterocycles. The molecule has 2 rings (SSSR count). The summed E-state index contributed by atoms with van der Waals surface area (Å²) < 4.78 is 1.18. The number of nitrogens with two attached hydrogens (primary N) is 1. The summed E-state index contributed by atoms with van der Waals surface area (Å²) in [7, 11) is 0. The van der Waals surface area contributed by atoms with Crippen LogP contribution < -0.4 is 5.73 Å². The molecule has 0 spiro atoms. The molecule has 19 heavy (non-hydrogen) atoms. The van der Waals surface area contributed by atoms with Crippen LogP contribution in [0.25, 0.3) is 0 Å². The maximum Gasteiger partial charge on any atom is 0.0473 e. The average molecular weight is 325 g/mol. The molecular formula is C16H25BrN2. The van der Waals surface area contributed by atoms with Crippen molar-refractivity contribution in [2.75, 3.05) is 13.1 Å². The van der Waals surface area contributed by atoms with Crippen LogP contribution in [-0.4, -0.2) is 24.0 Å². The predicted octanol–water partition coefficient (Wildman–Crippen LogP) is 3.88. The van der Waals surface area contributed by atoms with Gasteiger partial charge in [0, 0.05) is 23.1 Å². The van der Waals surface area contributed by atoms with E-state index in [2.05, 4.69) is 59.8 Å². The van der Waals surface area contributed by atoms with Crippen molar-refractivity contribution < 1.29 is 0 Å². The number of hydrogen-bond donors (Lipinski definition) is 1. The van der Waals surface area contributed by atoms with Crippen LogP contribution in [0.4, 0.5) is 0 Å². The molecule has 0 bridgehead atoms. The van der Waals surface area contributed by atoms with Gasteiger partial charge in [-0.1, -0.05) is 35.0 Å². The lowest BCUT2D eigenvalue weighted by Gasteiger charge is -2.41. The molecule has 1 heterocycles. The highest BCUT2D eigenvalue weighted by atomic mass is 79.9. The van der Waals surface area contributed by atoms with Crippen LogP contribution in [-0.2, 0) is 0 Å². The molecule has 0 radical (unpaired) electrons. The molecule has 1 aromatic carbocycles. The zero-order chi connectivity index (χ0) is 14.0. The molecule has 106 valence electrons. The summed E-state index contributed by atoms with van der Waals surface area (Å²) in [6.07, 6.45) is 2.57. The largest absolute Gasteiger partial charge is 0.329 e. The van der Waals surface area contributed by atoms with Crippen LogP contribution in [0.5, 0.6) is 0 Å². The fraction of sp³-hybridized carbons (Fsp3) is 0.625. The van der Waals surface area contributed by atoms with E-state index >= 15 is 0 Å². The maximum atomic E-state index is 6.06. The first kappa shape index (κ1) is 15.0. The number of likely N-dealkylation sites (tertiary alicyclic amines) is 1. The van der Waals surface area contributed by atoms with E-state index in [4.69, 9.17) is 5.73 Å². The summed E-state index contributed by atoms with van der Waals surface area (Å²) in [6.45, 7) is 8.66. The number of aryl methyl sites for hydroxylation is 1. The minimum absolute atomic E-state index is 0.347. The summed E-state index contributed by atoms with van der Waals surface area (Å²) >= 11 is 3.63. The van der Waals surface area contributed by atoms with E-state index in [0.29, 0.717) is 18.6 Å². The standard InChI is InChI=1S/C16H25BrN2/c1-11-6-7-19(13(3)8-11)16(10-18)14-5-4-12(2)15(17)9-14/h4-5,9,11,13,16H,6-8,10,18H2,1-3H3. The van der Waals surface area contributed by atoms with Gasteiger partial charge >= 0.3 is 0 Å². The summed E-state index contributed by atoms with van der Waals surface area (Å²) in [5.41, 5.74) is 8.68. The molecular weight excluding hydrogens is 300 g/mol. The van der Waals surface area contributed by atoms with Gasteiger partial charge < -0.3 is 5.73 Å². The summed E-state index contributed by atoms with van der Waals surface area (Å²) in [6, 6.07) is 7.61. The molecule has 1 aliphatic rings. The molecule has 1 aliphatic heterocycles. The normalized spacial score (nSPS) is 26.4. The summed E-state index contributed by atoms with van der Waals surface area (Å²) in [5, 5.41) is 0. The number of benzene rings is 1. The SMILES string of the molecule is Cc1ccc(C(CN)N2CCC(C)CC2C)cc1Br. The Morgan fingerprint density at radius 2 is 2.16 bits per heavy atom. The van der Waals surface area contributed by atoms with Crippen molar-refractivity contribution in [2.24, 2.45) is 11.7 Å². The lowest BCUT2D eigenvalue weighted by Crippen LogP contribution is -2.44. The molecule has 2 nitrogen and oxygen atoms in total. The van der Waals surface area contributed by atoms with Gasteiger partial charge in [0.15, 0.2) is 0 Å². The van der Waals surface area contributed by atoms with Gasteiger partial charge in [-0.05, 0) is 56.3 Å². The van der Waals surface area contributed by atoms with Gasteiger partial charge in [0.1, 0.15) is 0 Å². The van der Waals surface area contributed by atoms with Crippen LogP contribution in [0.15, 0.2) is 22.7 Å². The topological polar surface area (TPSA) is 29.3 Å². The van der Waals surface area contributed by atoms with E-state index in [-0.39, 0.29) is 0 Å². The zero-order valence-corrected chi connectivity index (χ0v) is 13.8. The summed E-state index contributed by atoms with van der Waals surface area (Å²) in [5.74, 6) is 0.842. The highest BCUT2D eigenvalue weighted by molar-refractivity contribution is 9.10. The Labute approximate surface area is 125 Å². The number of piperidine rings is 1. The van der Waals surface area contributed by atoms with E-state index in [0.717, 1.165) is 12.5 Å². The number of nitrogens with zero attached hydrogens (tertiary/aromatic N) is 1. The second-order valence-corrected chi connectivity index (χ2v) is 6.83. The highest BCUT2D eigenvalue weighted by Gasteiger charge is 2.29. The number of halogens is 1. The average Bonchev–Trinajstić information content (AvgIpc) is 2.37. The van der Waals surface area contributed by atoms with Crippen LogP contribution in [0.1, 0.15) is 43.9 Å². The second-order valence-electron chi connectivity index (χ2n) is 5.98. The van der Waals surface area contributed by atoms with Crippen molar-refractivity contribution in [3.8, 4) is 0 Å². The Kier molecular flexibility index (Phi) is 5.04. The first-order chi connectivity index (χ1) is 9.02.